The van der Waals surface area contributed by atoms with E-state index in [-0.39, 0.29) is 6.03 Å². The molecular formula is C15H20N2O3. The smallest absolute Gasteiger partial charge is 0.329 e. The van der Waals surface area contributed by atoms with Gasteiger partial charge in [0.25, 0.3) is 0 Å². The zero-order chi connectivity index (χ0) is 14.6. The van der Waals surface area contributed by atoms with Crippen molar-refractivity contribution < 1.29 is 14.7 Å². The summed E-state index contributed by atoms with van der Waals surface area (Å²) in [6.07, 6.45) is 1.98. The fourth-order valence-corrected chi connectivity index (χ4v) is 2.57. The van der Waals surface area contributed by atoms with Gasteiger partial charge in [-0.05, 0) is 31.7 Å². The molecule has 108 valence electrons. The van der Waals surface area contributed by atoms with Crippen LogP contribution in [0.5, 0.6) is 0 Å². The Hall–Kier alpha value is -2.04. The van der Waals surface area contributed by atoms with Gasteiger partial charge in [-0.15, -0.1) is 0 Å². The van der Waals surface area contributed by atoms with Crippen LogP contribution in [0.25, 0.3) is 0 Å². The molecule has 0 radical (unpaired) electrons. The first-order valence-electron chi connectivity index (χ1n) is 6.87. The fraction of sp³-hybridized carbons (Fsp3) is 0.467. The predicted molar refractivity (Wildman–Crippen MR) is 75.5 cm³/mol. The molecule has 5 nitrogen and oxygen atoms in total. The molecule has 1 heterocycles. The van der Waals surface area contributed by atoms with Crippen molar-refractivity contribution in [2.24, 2.45) is 0 Å². The second-order valence-electron chi connectivity index (χ2n) is 5.30. The summed E-state index contributed by atoms with van der Waals surface area (Å²) in [6.45, 7) is 2.62. The first kappa shape index (κ1) is 14.4. The molecule has 1 unspecified atom stereocenters. The van der Waals surface area contributed by atoms with Crippen LogP contribution < -0.4 is 5.32 Å². The van der Waals surface area contributed by atoms with Crippen LogP contribution in [0.15, 0.2) is 30.3 Å². The highest BCUT2D eigenvalue weighted by Gasteiger charge is 2.45. The lowest BCUT2D eigenvalue weighted by molar-refractivity contribution is -0.147. The molecule has 2 N–H and O–H groups in total. The monoisotopic (exact) mass is 276 g/mol. The number of aliphatic carboxylic acids is 1. The molecule has 0 aromatic heterocycles. The number of hydrogen-bond acceptors (Lipinski definition) is 2. The van der Waals surface area contributed by atoms with E-state index >= 15 is 0 Å². The maximum absolute atomic E-state index is 12.1. The third kappa shape index (κ3) is 2.92. The molecule has 1 aliphatic heterocycles. The van der Waals surface area contributed by atoms with E-state index in [9.17, 15) is 14.7 Å². The third-order valence-corrected chi connectivity index (χ3v) is 3.88. The zero-order valence-electron chi connectivity index (χ0n) is 11.6. The first-order valence-corrected chi connectivity index (χ1v) is 6.87. The Morgan fingerprint density at radius 3 is 2.70 bits per heavy atom. The summed E-state index contributed by atoms with van der Waals surface area (Å²) >= 11 is 0. The van der Waals surface area contributed by atoms with Gasteiger partial charge in [0.15, 0.2) is 0 Å². The standard InChI is InChI=1S/C15H20N2O3/c1-15(13(18)19)9-5-11-17(15)14(20)16-10-8-12-6-3-2-4-7-12/h2-4,6-7H,5,8-11H2,1H3,(H,16,20)(H,18,19). The first-order chi connectivity index (χ1) is 9.54. The lowest BCUT2D eigenvalue weighted by atomic mass is 10.00. The SMILES string of the molecule is CC1(C(=O)O)CCCN1C(=O)NCCc1ccccc1. The average Bonchev–Trinajstić information content (AvgIpc) is 2.83. The Labute approximate surface area is 118 Å². The van der Waals surface area contributed by atoms with Crippen LogP contribution in [0.3, 0.4) is 0 Å². The Bertz CT molecular complexity index is 489. The summed E-state index contributed by atoms with van der Waals surface area (Å²) in [5, 5.41) is 12.1. The van der Waals surface area contributed by atoms with E-state index in [1.54, 1.807) is 6.92 Å². The molecule has 0 aliphatic carbocycles. The van der Waals surface area contributed by atoms with Gasteiger partial charge in [0.05, 0.1) is 0 Å². The number of benzene rings is 1. The Balaban J connectivity index is 1.87. The van der Waals surface area contributed by atoms with E-state index in [1.165, 1.54) is 4.90 Å². The fourth-order valence-electron chi connectivity index (χ4n) is 2.57. The molecule has 0 saturated carbocycles. The third-order valence-electron chi connectivity index (χ3n) is 3.88. The van der Waals surface area contributed by atoms with Crippen LogP contribution >= 0.6 is 0 Å². The van der Waals surface area contributed by atoms with Crippen molar-refractivity contribution in [3.63, 3.8) is 0 Å². The van der Waals surface area contributed by atoms with Gasteiger partial charge in [-0.3, -0.25) is 0 Å². The van der Waals surface area contributed by atoms with Crippen LogP contribution in [-0.4, -0.2) is 40.6 Å². The maximum atomic E-state index is 12.1. The topological polar surface area (TPSA) is 69.6 Å². The van der Waals surface area contributed by atoms with Gasteiger partial charge in [0, 0.05) is 13.1 Å². The van der Waals surface area contributed by atoms with Crippen LogP contribution in [-0.2, 0) is 11.2 Å². The number of hydrogen-bond donors (Lipinski definition) is 2. The summed E-state index contributed by atoms with van der Waals surface area (Å²) in [7, 11) is 0. The van der Waals surface area contributed by atoms with E-state index in [0.717, 1.165) is 18.4 Å². The maximum Gasteiger partial charge on any atom is 0.329 e. The van der Waals surface area contributed by atoms with Crippen molar-refractivity contribution >= 4 is 12.0 Å². The summed E-state index contributed by atoms with van der Waals surface area (Å²) < 4.78 is 0. The van der Waals surface area contributed by atoms with Crippen molar-refractivity contribution in [1.82, 2.24) is 10.2 Å². The van der Waals surface area contributed by atoms with Crippen LogP contribution in [0, 0.1) is 0 Å². The minimum atomic E-state index is -1.07. The molecule has 1 aliphatic rings. The van der Waals surface area contributed by atoms with Gasteiger partial charge in [-0.1, -0.05) is 30.3 Å². The van der Waals surface area contributed by atoms with Gasteiger partial charge in [-0.25, -0.2) is 9.59 Å². The molecule has 2 rings (SSSR count). The molecule has 1 aromatic carbocycles. The van der Waals surface area contributed by atoms with Gasteiger partial charge < -0.3 is 15.3 Å². The number of nitrogens with one attached hydrogen (secondary N) is 1. The molecule has 0 bridgehead atoms. The van der Waals surface area contributed by atoms with Crippen LogP contribution in [0.1, 0.15) is 25.3 Å². The summed E-state index contributed by atoms with van der Waals surface area (Å²) in [5.74, 6) is -0.937. The predicted octanol–water partition coefficient (Wildman–Crippen LogP) is 1.88. The number of carbonyl (C=O) groups is 2. The highest BCUT2D eigenvalue weighted by molar-refractivity contribution is 5.86. The summed E-state index contributed by atoms with van der Waals surface area (Å²) in [5.41, 5.74) is 0.0758. The summed E-state index contributed by atoms with van der Waals surface area (Å²) in [4.78, 5) is 24.8. The van der Waals surface area contributed by atoms with Crippen molar-refractivity contribution in [3.05, 3.63) is 35.9 Å². The number of rotatable bonds is 4. The molecule has 2 amide bonds. The number of urea groups is 1. The van der Waals surface area contributed by atoms with Gasteiger partial charge in [0.1, 0.15) is 5.54 Å². The van der Waals surface area contributed by atoms with Crippen LogP contribution in [0.4, 0.5) is 4.79 Å². The van der Waals surface area contributed by atoms with Crippen molar-refractivity contribution in [3.8, 4) is 0 Å². The minimum Gasteiger partial charge on any atom is -0.480 e. The quantitative estimate of drug-likeness (QED) is 0.882. The Kier molecular flexibility index (Phi) is 4.27. The number of carboxylic acids is 1. The molecule has 1 aromatic rings. The lowest BCUT2D eigenvalue weighted by Gasteiger charge is -2.31. The van der Waals surface area contributed by atoms with Gasteiger partial charge >= 0.3 is 12.0 Å². The molecule has 1 fully saturated rings. The van der Waals surface area contributed by atoms with Crippen molar-refractivity contribution in [2.75, 3.05) is 13.1 Å². The van der Waals surface area contributed by atoms with Gasteiger partial charge in [-0.2, -0.15) is 0 Å². The molecule has 5 heteroatoms. The Morgan fingerprint density at radius 1 is 1.35 bits per heavy atom. The van der Waals surface area contributed by atoms with E-state index in [1.807, 2.05) is 30.3 Å². The zero-order valence-corrected chi connectivity index (χ0v) is 11.6. The number of likely N-dealkylation sites (tertiary alicyclic amines) is 1. The molecule has 1 atom stereocenters. The molecule has 1 saturated heterocycles. The number of carbonyl (C=O) groups excluding carboxylic acids is 1. The number of carboxylic acid groups (broad SMARTS) is 1. The van der Waals surface area contributed by atoms with E-state index < -0.39 is 11.5 Å². The molecule has 0 spiro atoms. The normalized spacial score (nSPS) is 21.8. The highest BCUT2D eigenvalue weighted by Crippen LogP contribution is 2.29. The van der Waals surface area contributed by atoms with E-state index in [0.29, 0.717) is 19.5 Å². The minimum absolute atomic E-state index is 0.289. The lowest BCUT2D eigenvalue weighted by Crippen LogP contribution is -2.54. The largest absolute Gasteiger partial charge is 0.480 e. The van der Waals surface area contributed by atoms with Crippen molar-refractivity contribution in [1.29, 1.82) is 0 Å². The van der Waals surface area contributed by atoms with Crippen molar-refractivity contribution in [2.45, 2.75) is 31.7 Å². The number of amides is 2. The van der Waals surface area contributed by atoms with Gasteiger partial charge in [0.2, 0.25) is 0 Å². The van der Waals surface area contributed by atoms with E-state index in [4.69, 9.17) is 0 Å². The van der Waals surface area contributed by atoms with E-state index in [2.05, 4.69) is 5.32 Å². The average molecular weight is 276 g/mol. The number of nitrogens with zero attached hydrogens (tertiary/aromatic N) is 1. The second kappa shape index (κ2) is 5.94. The second-order valence-corrected chi connectivity index (χ2v) is 5.30. The Morgan fingerprint density at radius 2 is 2.05 bits per heavy atom. The summed E-state index contributed by atoms with van der Waals surface area (Å²) in [6, 6.07) is 9.58. The molecule has 20 heavy (non-hydrogen) atoms. The molecular weight excluding hydrogens is 256 g/mol. The highest BCUT2D eigenvalue weighted by atomic mass is 16.4. The van der Waals surface area contributed by atoms with Crippen LogP contribution in [0.2, 0.25) is 0 Å².